The molecule has 3 fully saturated rings. The number of hydrogen-bond donors (Lipinski definition) is 1. The number of carbonyl (C=O) groups is 1. The van der Waals surface area contributed by atoms with Crippen LogP contribution in [0.5, 0.6) is 0 Å². The van der Waals surface area contributed by atoms with Crippen LogP contribution in [0.3, 0.4) is 0 Å². The zero-order valence-electron chi connectivity index (χ0n) is 18.4. The summed E-state index contributed by atoms with van der Waals surface area (Å²) < 4.78 is 38.3. The van der Waals surface area contributed by atoms with Crippen molar-refractivity contribution in [2.24, 2.45) is 5.92 Å². The Labute approximate surface area is 182 Å². The van der Waals surface area contributed by atoms with Crippen LogP contribution in [0.2, 0.25) is 0 Å². The van der Waals surface area contributed by atoms with Gasteiger partial charge in [-0.25, -0.2) is 8.78 Å². The summed E-state index contributed by atoms with van der Waals surface area (Å²) >= 11 is 0. The Bertz CT molecular complexity index is 783. The Morgan fingerprint density at radius 2 is 2.06 bits per heavy atom. The Morgan fingerprint density at radius 3 is 2.81 bits per heavy atom. The average Bonchev–Trinajstić information content (AvgIpc) is 2.99. The standard InChI is InChI=1S/C23H33F2N3O3/c1-27(2)20-6-4-3-5-17(20)14-28-9-10-30-16-22(15-28)8-7-19(31-22)13-26-21(29)18-11-23(24,25)12-18/h3-6,18-19H,7-16H2,1-2H3,(H,26,29)/t19-,22-/m0/s1. The Kier molecular flexibility index (Phi) is 6.51. The number of para-hydroxylation sites is 1. The second-order valence-corrected chi connectivity index (χ2v) is 9.45. The lowest BCUT2D eigenvalue weighted by Crippen LogP contribution is -2.47. The third-order valence-corrected chi connectivity index (χ3v) is 6.60. The van der Waals surface area contributed by atoms with Gasteiger partial charge in [-0.2, -0.15) is 0 Å². The number of anilines is 1. The summed E-state index contributed by atoms with van der Waals surface area (Å²) in [5.41, 5.74) is 2.09. The molecular formula is C23H33F2N3O3. The van der Waals surface area contributed by atoms with E-state index in [-0.39, 0.29) is 30.5 Å². The van der Waals surface area contributed by atoms with Crippen molar-refractivity contribution in [1.82, 2.24) is 10.2 Å². The zero-order valence-corrected chi connectivity index (χ0v) is 18.4. The number of alkyl halides is 2. The fourth-order valence-corrected chi connectivity index (χ4v) is 4.91. The second kappa shape index (κ2) is 9.00. The quantitative estimate of drug-likeness (QED) is 0.742. The molecule has 172 valence electrons. The molecule has 1 aliphatic carbocycles. The highest BCUT2D eigenvalue weighted by Crippen LogP contribution is 2.42. The average molecular weight is 438 g/mol. The van der Waals surface area contributed by atoms with Crippen LogP contribution in [0.4, 0.5) is 14.5 Å². The fraction of sp³-hybridized carbons (Fsp3) is 0.696. The van der Waals surface area contributed by atoms with Crippen LogP contribution in [-0.4, -0.2) is 75.4 Å². The summed E-state index contributed by atoms with van der Waals surface area (Å²) in [4.78, 5) is 16.6. The summed E-state index contributed by atoms with van der Waals surface area (Å²) in [5, 5.41) is 2.82. The molecule has 1 spiro atoms. The lowest BCUT2D eigenvalue weighted by molar-refractivity contribution is -0.151. The lowest BCUT2D eigenvalue weighted by atomic mass is 9.81. The van der Waals surface area contributed by atoms with Gasteiger partial charge in [-0.3, -0.25) is 9.69 Å². The summed E-state index contributed by atoms with van der Waals surface area (Å²) in [5.74, 6) is -3.53. The summed E-state index contributed by atoms with van der Waals surface area (Å²) in [6.45, 7) is 4.00. The van der Waals surface area contributed by atoms with Crippen molar-refractivity contribution in [1.29, 1.82) is 0 Å². The van der Waals surface area contributed by atoms with Crippen LogP contribution in [0.15, 0.2) is 24.3 Å². The molecule has 1 aromatic rings. The van der Waals surface area contributed by atoms with E-state index in [0.717, 1.165) is 32.5 Å². The van der Waals surface area contributed by atoms with Gasteiger partial charge in [0.1, 0.15) is 5.60 Å². The van der Waals surface area contributed by atoms with E-state index in [4.69, 9.17) is 9.47 Å². The van der Waals surface area contributed by atoms with Crippen LogP contribution < -0.4 is 10.2 Å². The molecule has 31 heavy (non-hydrogen) atoms. The first kappa shape index (κ1) is 22.4. The van der Waals surface area contributed by atoms with Gasteiger partial charge in [0.15, 0.2) is 0 Å². The lowest BCUT2D eigenvalue weighted by Gasteiger charge is -2.34. The SMILES string of the molecule is CN(C)c1ccccc1CN1CCOC[C@]2(CC[C@@H](CNC(=O)C3CC(F)(F)C3)O2)C1. The molecule has 2 saturated heterocycles. The van der Waals surface area contributed by atoms with Crippen molar-refractivity contribution in [3.8, 4) is 0 Å². The maximum absolute atomic E-state index is 13.0. The topological polar surface area (TPSA) is 54.0 Å². The maximum Gasteiger partial charge on any atom is 0.249 e. The molecule has 2 aliphatic heterocycles. The van der Waals surface area contributed by atoms with Crippen molar-refractivity contribution in [2.75, 3.05) is 51.8 Å². The van der Waals surface area contributed by atoms with Crippen LogP contribution in [0.25, 0.3) is 0 Å². The van der Waals surface area contributed by atoms with Crippen LogP contribution in [0.1, 0.15) is 31.2 Å². The number of halogens is 2. The van der Waals surface area contributed by atoms with Gasteiger partial charge in [-0.1, -0.05) is 18.2 Å². The number of rotatable bonds is 6. The minimum absolute atomic E-state index is 0.109. The number of nitrogens with one attached hydrogen (secondary N) is 1. The van der Waals surface area contributed by atoms with E-state index in [2.05, 4.69) is 53.5 Å². The van der Waals surface area contributed by atoms with Crippen LogP contribution in [0, 0.1) is 5.92 Å². The number of hydrogen-bond acceptors (Lipinski definition) is 5. The molecule has 4 rings (SSSR count). The third kappa shape index (κ3) is 5.35. The molecular weight excluding hydrogens is 404 g/mol. The van der Waals surface area contributed by atoms with Gasteiger partial charge in [0.2, 0.25) is 11.8 Å². The van der Waals surface area contributed by atoms with E-state index in [1.807, 2.05) is 0 Å². The number of ether oxygens (including phenoxy) is 2. The first-order valence-electron chi connectivity index (χ1n) is 11.1. The first-order chi connectivity index (χ1) is 14.8. The Hall–Kier alpha value is -1.77. The zero-order chi connectivity index (χ0) is 22.1. The van der Waals surface area contributed by atoms with E-state index in [1.165, 1.54) is 11.3 Å². The maximum atomic E-state index is 13.0. The van der Waals surface area contributed by atoms with E-state index >= 15 is 0 Å². The molecule has 8 heteroatoms. The molecule has 2 atom stereocenters. The minimum atomic E-state index is -2.68. The molecule has 0 radical (unpaired) electrons. The van der Waals surface area contributed by atoms with Crippen molar-refractivity contribution in [2.45, 2.75) is 49.9 Å². The minimum Gasteiger partial charge on any atom is -0.377 e. The number of carbonyl (C=O) groups excluding carboxylic acids is 1. The molecule has 0 bridgehead atoms. The van der Waals surface area contributed by atoms with Crippen LogP contribution >= 0.6 is 0 Å². The van der Waals surface area contributed by atoms with Gasteiger partial charge in [0.05, 0.1) is 19.3 Å². The molecule has 0 unspecified atom stereocenters. The second-order valence-electron chi connectivity index (χ2n) is 9.45. The molecule has 1 N–H and O–H groups in total. The molecule has 1 amide bonds. The summed E-state index contributed by atoms with van der Waals surface area (Å²) in [6, 6.07) is 8.40. The fourth-order valence-electron chi connectivity index (χ4n) is 4.91. The Balaban J connectivity index is 1.32. The van der Waals surface area contributed by atoms with E-state index in [9.17, 15) is 13.6 Å². The van der Waals surface area contributed by atoms with E-state index in [1.54, 1.807) is 0 Å². The monoisotopic (exact) mass is 437 g/mol. The normalized spacial score (nSPS) is 28.8. The van der Waals surface area contributed by atoms with E-state index in [0.29, 0.717) is 19.8 Å². The summed E-state index contributed by atoms with van der Waals surface area (Å²) in [6.07, 6.45) is 0.895. The van der Waals surface area contributed by atoms with Crippen molar-refractivity contribution < 1.29 is 23.0 Å². The van der Waals surface area contributed by atoms with Crippen molar-refractivity contribution in [3.05, 3.63) is 29.8 Å². The third-order valence-electron chi connectivity index (χ3n) is 6.60. The van der Waals surface area contributed by atoms with Gasteiger partial charge in [-0.05, 0) is 24.5 Å². The van der Waals surface area contributed by atoms with Gasteiger partial charge in [0, 0.05) is 64.7 Å². The van der Waals surface area contributed by atoms with Crippen molar-refractivity contribution in [3.63, 3.8) is 0 Å². The van der Waals surface area contributed by atoms with Gasteiger partial charge >= 0.3 is 0 Å². The Morgan fingerprint density at radius 1 is 1.29 bits per heavy atom. The molecule has 2 heterocycles. The first-order valence-corrected chi connectivity index (χ1v) is 11.1. The number of amides is 1. The highest BCUT2D eigenvalue weighted by atomic mass is 19.3. The molecule has 0 aromatic heterocycles. The smallest absolute Gasteiger partial charge is 0.249 e. The van der Waals surface area contributed by atoms with Gasteiger partial charge in [0.25, 0.3) is 0 Å². The number of nitrogens with zero attached hydrogens (tertiary/aromatic N) is 2. The number of benzene rings is 1. The van der Waals surface area contributed by atoms with Gasteiger partial charge < -0.3 is 19.7 Å². The van der Waals surface area contributed by atoms with Gasteiger partial charge in [-0.15, -0.1) is 0 Å². The highest BCUT2D eigenvalue weighted by molar-refractivity contribution is 5.79. The molecule has 1 aromatic carbocycles. The molecule has 6 nitrogen and oxygen atoms in total. The predicted molar refractivity (Wildman–Crippen MR) is 114 cm³/mol. The highest BCUT2D eigenvalue weighted by Gasteiger charge is 2.49. The summed E-state index contributed by atoms with van der Waals surface area (Å²) in [7, 11) is 4.10. The van der Waals surface area contributed by atoms with Crippen molar-refractivity contribution >= 4 is 11.6 Å². The molecule has 1 saturated carbocycles. The molecule has 3 aliphatic rings. The van der Waals surface area contributed by atoms with Crippen LogP contribution in [-0.2, 0) is 20.8 Å². The predicted octanol–water partition coefficient (Wildman–Crippen LogP) is 2.66. The largest absolute Gasteiger partial charge is 0.377 e. The van der Waals surface area contributed by atoms with E-state index < -0.39 is 11.8 Å².